The number of amides is 1. The second-order valence-corrected chi connectivity index (χ2v) is 5.85. The molecular formula is C17H18FN3O3. The fourth-order valence-electron chi connectivity index (χ4n) is 2.85. The second-order valence-electron chi connectivity index (χ2n) is 5.85. The molecule has 6 nitrogen and oxygen atoms in total. The van der Waals surface area contributed by atoms with Crippen LogP contribution >= 0.6 is 0 Å². The predicted octanol–water partition coefficient (Wildman–Crippen LogP) is 1.06. The molecule has 0 aliphatic carbocycles. The zero-order valence-electron chi connectivity index (χ0n) is 13.1. The first-order valence-electron chi connectivity index (χ1n) is 7.67. The number of morpholine rings is 1. The van der Waals surface area contributed by atoms with E-state index in [-0.39, 0.29) is 24.9 Å². The number of halogens is 1. The van der Waals surface area contributed by atoms with Crippen LogP contribution in [0.1, 0.15) is 15.9 Å². The van der Waals surface area contributed by atoms with Crippen LogP contribution in [0, 0.1) is 5.82 Å². The third kappa shape index (κ3) is 3.58. The topological polar surface area (TPSA) is 75.6 Å². The van der Waals surface area contributed by atoms with Crippen LogP contribution in [-0.4, -0.2) is 58.0 Å². The van der Waals surface area contributed by atoms with Crippen LogP contribution in [0.3, 0.4) is 0 Å². The van der Waals surface area contributed by atoms with Crippen LogP contribution in [-0.2, 0) is 11.2 Å². The number of aliphatic hydroxyl groups is 1. The molecule has 1 atom stereocenters. The zero-order valence-corrected chi connectivity index (χ0v) is 13.1. The van der Waals surface area contributed by atoms with Crippen molar-refractivity contribution < 1.29 is 19.0 Å². The molecule has 1 aromatic carbocycles. The minimum atomic E-state index is -0.897. The molecule has 1 amide bonds. The van der Waals surface area contributed by atoms with Gasteiger partial charge in [0, 0.05) is 13.0 Å². The van der Waals surface area contributed by atoms with E-state index in [1.807, 2.05) is 0 Å². The number of hydrogen-bond donors (Lipinski definition) is 1. The molecule has 1 fully saturated rings. The summed E-state index contributed by atoms with van der Waals surface area (Å²) in [6.07, 6.45) is 3.27. The Bertz CT molecular complexity index is 696. The first kappa shape index (κ1) is 16.5. The minimum absolute atomic E-state index is 0.176. The van der Waals surface area contributed by atoms with Gasteiger partial charge in [0.1, 0.15) is 11.4 Å². The fourth-order valence-corrected chi connectivity index (χ4v) is 2.85. The third-order valence-electron chi connectivity index (χ3n) is 4.09. The SMILES string of the molecule is O=C(c1ccnnc1)N1CCO[C@@](CO)(Cc2ccc(F)cc2)C1. The number of aromatic nitrogens is 2. The van der Waals surface area contributed by atoms with E-state index < -0.39 is 5.60 Å². The van der Waals surface area contributed by atoms with Crippen LogP contribution in [0.5, 0.6) is 0 Å². The Morgan fingerprint density at radius 2 is 2.08 bits per heavy atom. The Morgan fingerprint density at radius 1 is 1.29 bits per heavy atom. The highest BCUT2D eigenvalue weighted by molar-refractivity contribution is 5.93. The smallest absolute Gasteiger partial charge is 0.255 e. The number of ether oxygens (including phenoxy) is 1. The van der Waals surface area contributed by atoms with Gasteiger partial charge in [0.05, 0.1) is 37.7 Å². The quantitative estimate of drug-likeness (QED) is 0.907. The number of aliphatic hydroxyl groups excluding tert-OH is 1. The first-order valence-corrected chi connectivity index (χ1v) is 7.67. The summed E-state index contributed by atoms with van der Waals surface area (Å²) in [5.41, 5.74) is 0.387. The summed E-state index contributed by atoms with van der Waals surface area (Å²) in [4.78, 5) is 14.2. The number of nitrogens with zero attached hydrogens (tertiary/aromatic N) is 3. The van der Waals surface area contributed by atoms with Gasteiger partial charge in [-0.3, -0.25) is 4.79 Å². The molecule has 3 rings (SSSR count). The number of hydrogen-bond acceptors (Lipinski definition) is 5. The van der Waals surface area contributed by atoms with Crippen molar-refractivity contribution in [2.45, 2.75) is 12.0 Å². The van der Waals surface area contributed by atoms with Gasteiger partial charge in [0.15, 0.2) is 0 Å². The molecule has 0 saturated carbocycles. The molecule has 1 aromatic heterocycles. The second kappa shape index (κ2) is 7.02. The molecule has 0 spiro atoms. The van der Waals surface area contributed by atoms with Crippen LogP contribution in [0.25, 0.3) is 0 Å². The average Bonchev–Trinajstić information content (AvgIpc) is 2.64. The van der Waals surface area contributed by atoms with Crippen molar-refractivity contribution in [3.8, 4) is 0 Å². The summed E-state index contributed by atoms with van der Waals surface area (Å²) in [6.45, 7) is 0.781. The average molecular weight is 331 g/mol. The number of rotatable bonds is 4. The summed E-state index contributed by atoms with van der Waals surface area (Å²) in [5.74, 6) is -0.492. The molecule has 1 saturated heterocycles. The van der Waals surface area contributed by atoms with Gasteiger partial charge in [-0.1, -0.05) is 12.1 Å². The summed E-state index contributed by atoms with van der Waals surface area (Å²) < 4.78 is 18.9. The highest BCUT2D eigenvalue weighted by Crippen LogP contribution is 2.24. The maximum Gasteiger partial charge on any atom is 0.255 e. The van der Waals surface area contributed by atoms with E-state index >= 15 is 0 Å². The molecule has 0 bridgehead atoms. The Hall–Kier alpha value is -2.38. The summed E-state index contributed by atoms with van der Waals surface area (Å²) >= 11 is 0. The van der Waals surface area contributed by atoms with Crippen LogP contribution < -0.4 is 0 Å². The maximum atomic E-state index is 13.1. The monoisotopic (exact) mass is 331 g/mol. The summed E-state index contributed by atoms with van der Waals surface area (Å²) in [6, 6.07) is 7.66. The lowest BCUT2D eigenvalue weighted by atomic mass is 9.93. The highest BCUT2D eigenvalue weighted by atomic mass is 19.1. The number of carbonyl (C=O) groups is 1. The van der Waals surface area contributed by atoms with Crippen molar-refractivity contribution in [1.82, 2.24) is 15.1 Å². The van der Waals surface area contributed by atoms with E-state index in [0.717, 1.165) is 5.56 Å². The van der Waals surface area contributed by atoms with E-state index in [2.05, 4.69) is 10.2 Å². The molecule has 7 heteroatoms. The zero-order chi connectivity index (χ0) is 17.0. The van der Waals surface area contributed by atoms with E-state index in [1.54, 1.807) is 23.1 Å². The van der Waals surface area contributed by atoms with Crippen molar-refractivity contribution in [3.05, 3.63) is 59.7 Å². The Kier molecular flexibility index (Phi) is 4.82. The lowest BCUT2D eigenvalue weighted by Gasteiger charge is -2.42. The Balaban J connectivity index is 1.76. The largest absolute Gasteiger partial charge is 0.393 e. The molecule has 126 valence electrons. The van der Waals surface area contributed by atoms with E-state index in [0.29, 0.717) is 25.1 Å². The maximum absolute atomic E-state index is 13.1. The van der Waals surface area contributed by atoms with Crippen molar-refractivity contribution in [2.75, 3.05) is 26.3 Å². The fraction of sp³-hybridized carbons (Fsp3) is 0.353. The molecule has 2 heterocycles. The standard InChI is InChI=1S/C17H18FN3O3/c18-15-3-1-13(2-4-15)9-17(12-22)11-21(7-8-24-17)16(23)14-5-6-19-20-10-14/h1-6,10,22H,7-9,11-12H2/t17-/m0/s1. The van der Waals surface area contributed by atoms with Gasteiger partial charge < -0.3 is 14.7 Å². The molecular weight excluding hydrogens is 313 g/mol. The predicted molar refractivity (Wildman–Crippen MR) is 83.8 cm³/mol. The van der Waals surface area contributed by atoms with Crippen LogP contribution in [0.15, 0.2) is 42.7 Å². The molecule has 2 aromatic rings. The van der Waals surface area contributed by atoms with Crippen LogP contribution in [0.4, 0.5) is 4.39 Å². The molecule has 1 N–H and O–H groups in total. The lowest BCUT2D eigenvalue weighted by Crippen LogP contribution is -2.56. The normalized spacial score (nSPS) is 20.8. The van der Waals surface area contributed by atoms with Gasteiger partial charge in [0.25, 0.3) is 5.91 Å². The van der Waals surface area contributed by atoms with Crippen molar-refractivity contribution in [3.63, 3.8) is 0 Å². The number of benzene rings is 1. The molecule has 1 aliphatic heterocycles. The Labute approximate surface area is 138 Å². The van der Waals surface area contributed by atoms with E-state index in [1.165, 1.54) is 24.5 Å². The molecule has 0 unspecified atom stereocenters. The van der Waals surface area contributed by atoms with Gasteiger partial charge >= 0.3 is 0 Å². The van der Waals surface area contributed by atoms with Gasteiger partial charge in [-0.2, -0.15) is 10.2 Å². The van der Waals surface area contributed by atoms with Crippen molar-refractivity contribution >= 4 is 5.91 Å². The minimum Gasteiger partial charge on any atom is -0.393 e. The third-order valence-corrected chi connectivity index (χ3v) is 4.09. The molecule has 1 aliphatic rings. The first-order chi connectivity index (χ1) is 11.6. The molecule has 24 heavy (non-hydrogen) atoms. The lowest BCUT2D eigenvalue weighted by molar-refractivity contribution is -0.123. The highest BCUT2D eigenvalue weighted by Gasteiger charge is 2.38. The van der Waals surface area contributed by atoms with Gasteiger partial charge in [-0.05, 0) is 23.8 Å². The van der Waals surface area contributed by atoms with Gasteiger partial charge in [-0.15, -0.1) is 0 Å². The summed E-state index contributed by atoms with van der Waals surface area (Å²) in [7, 11) is 0. The van der Waals surface area contributed by atoms with E-state index in [4.69, 9.17) is 4.74 Å². The summed E-state index contributed by atoms with van der Waals surface area (Å²) in [5, 5.41) is 17.3. The van der Waals surface area contributed by atoms with Crippen molar-refractivity contribution in [1.29, 1.82) is 0 Å². The van der Waals surface area contributed by atoms with Gasteiger partial charge in [-0.25, -0.2) is 4.39 Å². The van der Waals surface area contributed by atoms with Gasteiger partial charge in [0.2, 0.25) is 0 Å². The van der Waals surface area contributed by atoms with Crippen molar-refractivity contribution in [2.24, 2.45) is 0 Å². The Morgan fingerprint density at radius 3 is 2.75 bits per heavy atom. The molecule has 0 radical (unpaired) electrons. The van der Waals surface area contributed by atoms with E-state index in [9.17, 15) is 14.3 Å². The van der Waals surface area contributed by atoms with Crippen LogP contribution in [0.2, 0.25) is 0 Å². The number of carbonyl (C=O) groups excluding carboxylic acids is 1.